The molecule has 0 amide bonds. The van der Waals surface area contributed by atoms with Gasteiger partial charge in [0.05, 0.1) is 20.5 Å². The van der Waals surface area contributed by atoms with Crippen LogP contribution in [0.15, 0.2) is 35.4 Å². The molecule has 0 fully saturated rings. The molecular formula is C14H17N3O3. The summed E-state index contributed by atoms with van der Waals surface area (Å²) in [6.07, 6.45) is 1.39. The van der Waals surface area contributed by atoms with Crippen molar-refractivity contribution in [3.05, 3.63) is 46.5 Å². The van der Waals surface area contributed by atoms with Crippen molar-refractivity contribution in [1.82, 2.24) is 9.97 Å². The summed E-state index contributed by atoms with van der Waals surface area (Å²) in [5.74, 6) is 1.98. The molecule has 0 saturated heterocycles. The summed E-state index contributed by atoms with van der Waals surface area (Å²) in [6.45, 7) is 0.608. The lowest BCUT2D eigenvalue weighted by Crippen LogP contribution is -2.20. The molecule has 1 heterocycles. The molecule has 0 saturated carbocycles. The van der Waals surface area contributed by atoms with E-state index in [9.17, 15) is 4.79 Å². The van der Waals surface area contributed by atoms with Gasteiger partial charge in [-0.15, -0.1) is 0 Å². The predicted molar refractivity (Wildman–Crippen MR) is 76.5 cm³/mol. The molecule has 20 heavy (non-hydrogen) atoms. The number of benzene rings is 1. The zero-order valence-electron chi connectivity index (χ0n) is 11.7. The van der Waals surface area contributed by atoms with Gasteiger partial charge < -0.3 is 19.4 Å². The van der Waals surface area contributed by atoms with E-state index < -0.39 is 0 Å². The van der Waals surface area contributed by atoms with Crippen LogP contribution in [0.3, 0.4) is 0 Å². The quantitative estimate of drug-likeness (QED) is 0.894. The number of nitrogens with one attached hydrogen (secondary N) is 1. The fourth-order valence-corrected chi connectivity index (χ4v) is 1.90. The van der Waals surface area contributed by atoms with Crippen LogP contribution >= 0.6 is 0 Å². The smallest absolute Gasteiger partial charge is 0.252 e. The van der Waals surface area contributed by atoms with Crippen molar-refractivity contribution in [3.63, 3.8) is 0 Å². The van der Waals surface area contributed by atoms with E-state index in [-0.39, 0.29) is 5.56 Å². The van der Waals surface area contributed by atoms with Crippen LogP contribution in [0, 0.1) is 0 Å². The number of aromatic amines is 1. The Labute approximate surface area is 117 Å². The van der Waals surface area contributed by atoms with Gasteiger partial charge in [-0.1, -0.05) is 6.07 Å². The van der Waals surface area contributed by atoms with Gasteiger partial charge in [0.2, 0.25) is 0 Å². The minimum atomic E-state index is -0.172. The summed E-state index contributed by atoms with van der Waals surface area (Å²) >= 11 is 0. The number of rotatable bonds is 5. The number of ether oxygens (including phenoxy) is 2. The van der Waals surface area contributed by atoms with Crippen molar-refractivity contribution in [1.29, 1.82) is 0 Å². The summed E-state index contributed by atoms with van der Waals surface area (Å²) < 4.78 is 10.5. The van der Waals surface area contributed by atoms with Crippen molar-refractivity contribution in [3.8, 4) is 11.5 Å². The number of aromatic nitrogens is 2. The van der Waals surface area contributed by atoms with Gasteiger partial charge in [0.15, 0.2) is 11.5 Å². The van der Waals surface area contributed by atoms with E-state index in [2.05, 4.69) is 9.97 Å². The highest BCUT2D eigenvalue weighted by Gasteiger charge is 2.08. The normalized spacial score (nSPS) is 10.2. The third-order valence-electron chi connectivity index (χ3n) is 2.92. The molecule has 6 nitrogen and oxygen atoms in total. The Morgan fingerprint density at radius 1 is 1.20 bits per heavy atom. The van der Waals surface area contributed by atoms with Gasteiger partial charge >= 0.3 is 0 Å². The molecule has 1 aromatic carbocycles. The number of anilines is 1. The van der Waals surface area contributed by atoms with E-state index in [0.717, 1.165) is 5.56 Å². The van der Waals surface area contributed by atoms with Crippen LogP contribution in [0.5, 0.6) is 11.5 Å². The number of H-pyrrole nitrogens is 1. The molecule has 1 aromatic heterocycles. The second-order valence-corrected chi connectivity index (χ2v) is 4.31. The minimum Gasteiger partial charge on any atom is -0.493 e. The lowest BCUT2D eigenvalue weighted by atomic mass is 10.2. The number of hydrogen-bond acceptors (Lipinski definition) is 5. The first-order chi connectivity index (χ1) is 9.63. The highest BCUT2D eigenvalue weighted by atomic mass is 16.5. The van der Waals surface area contributed by atoms with E-state index in [1.54, 1.807) is 14.2 Å². The molecule has 0 atom stereocenters. The third kappa shape index (κ3) is 3.09. The fraction of sp³-hybridized carbons (Fsp3) is 0.286. The molecule has 0 aliphatic carbocycles. The molecule has 0 aliphatic heterocycles. The maximum Gasteiger partial charge on any atom is 0.252 e. The largest absolute Gasteiger partial charge is 0.493 e. The first kappa shape index (κ1) is 13.9. The van der Waals surface area contributed by atoms with E-state index in [4.69, 9.17) is 9.47 Å². The molecule has 1 N–H and O–H groups in total. The third-order valence-corrected chi connectivity index (χ3v) is 2.92. The van der Waals surface area contributed by atoms with Crippen LogP contribution in [0.2, 0.25) is 0 Å². The zero-order chi connectivity index (χ0) is 14.5. The summed E-state index contributed by atoms with van der Waals surface area (Å²) in [5.41, 5.74) is 0.862. The van der Waals surface area contributed by atoms with Crippen LogP contribution in [0.4, 0.5) is 5.82 Å². The fourth-order valence-electron chi connectivity index (χ4n) is 1.90. The zero-order valence-corrected chi connectivity index (χ0v) is 11.7. The second-order valence-electron chi connectivity index (χ2n) is 4.31. The molecule has 0 spiro atoms. The van der Waals surface area contributed by atoms with Crippen molar-refractivity contribution >= 4 is 5.82 Å². The van der Waals surface area contributed by atoms with Gasteiger partial charge in [0.1, 0.15) is 5.82 Å². The van der Waals surface area contributed by atoms with Crippen molar-refractivity contribution in [2.45, 2.75) is 6.54 Å². The van der Waals surface area contributed by atoms with Gasteiger partial charge in [-0.05, 0) is 17.7 Å². The maximum absolute atomic E-state index is 11.3. The number of hydrogen-bond donors (Lipinski definition) is 1. The van der Waals surface area contributed by atoms with Gasteiger partial charge in [-0.25, -0.2) is 4.98 Å². The van der Waals surface area contributed by atoms with Crippen LogP contribution < -0.4 is 19.9 Å². The Hall–Kier alpha value is -2.50. The molecule has 0 unspecified atom stereocenters. The van der Waals surface area contributed by atoms with Gasteiger partial charge in [-0.3, -0.25) is 4.79 Å². The van der Waals surface area contributed by atoms with E-state index in [1.165, 1.54) is 12.4 Å². The predicted octanol–water partition coefficient (Wildman–Crippen LogP) is 1.42. The maximum atomic E-state index is 11.3. The van der Waals surface area contributed by atoms with E-state index in [1.807, 2.05) is 30.1 Å². The van der Waals surface area contributed by atoms with E-state index >= 15 is 0 Å². The first-order valence-corrected chi connectivity index (χ1v) is 6.11. The van der Waals surface area contributed by atoms with Gasteiger partial charge in [-0.2, -0.15) is 0 Å². The van der Waals surface area contributed by atoms with Crippen LogP contribution in [0.1, 0.15) is 5.56 Å². The Morgan fingerprint density at radius 3 is 2.60 bits per heavy atom. The molecule has 6 heteroatoms. The Kier molecular flexibility index (Phi) is 4.24. The average molecular weight is 275 g/mol. The van der Waals surface area contributed by atoms with Crippen LogP contribution in [0.25, 0.3) is 0 Å². The Bertz CT molecular complexity index is 640. The first-order valence-electron chi connectivity index (χ1n) is 6.11. The van der Waals surface area contributed by atoms with Crippen molar-refractivity contribution in [2.24, 2.45) is 0 Å². The molecular weight excluding hydrogens is 258 g/mol. The molecule has 0 radical (unpaired) electrons. The highest BCUT2D eigenvalue weighted by Crippen LogP contribution is 2.28. The van der Waals surface area contributed by atoms with Crippen LogP contribution in [-0.4, -0.2) is 31.2 Å². The Morgan fingerprint density at radius 2 is 1.95 bits per heavy atom. The lowest BCUT2D eigenvalue weighted by Gasteiger charge is -2.18. The monoisotopic (exact) mass is 275 g/mol. The van der Waals surface area contributed by atoms with E-state index in [0.29, 0.717) is 23.9 Å². The molecule has 0 aliphatic rings. The summed E-state index contributed by atoms with van der Waals surface area (Å²) in [6, 6.07) is 7.17. The SMILES string of the molecule is COc1ccc(CN(C)c2cc(=O)[nH]cn2)cc1OC. The molecule has 2 rings (SSSR count). The summed E-state index contributed by atoms with van der Waals surface area (Å²) in [7, 11) is 5.08. The van der Waals surface area contributed by atoms with Crippen molar-refractivity contribution in [2.75, 3.05) is 26.2 Å². The Balaban J connectivity index is 2.19. The lowest BCUT2D eigenvalue weighted by molar-refractivity contribution is 0.354. The highest BCUT2D eigenvalue weighted by molar-refractivity contribution is 5.45. The average Bonchev–Trinajstić information content (AvgIpc) is 2.47. The standard InChI is InChI=1S/C14H17N3O3/c1-17(13-7-14(18)16-9-15-13)8-10-4-5-11(19-2)12(6-10)20-3/h4-7,9H,8H2,1-3H3,(H,15,16,18). The number of nitrogens with zero attached hydrogens (tertiary/aromatic N) is 2. The molecule has 0 bridgehead atoms. The molecule has 2 aromatic rings. The number of methoxy groups -OCH3 is 2. The summed E-state index contributed by atoms with van der Waals surface area (Å²) in [5, 5.41) is 0. The van der Waals surface area contributed by atoms with Crippen molar-refractivity contribution < 1.29 is 9.47 Å². The topological polar surface area (TPSA) is 67.5 Å². The van der Waals surface area contributed by atoms with Gasteiger partial charge in [0, 0.05) is 19.7 Å². The second kappa shape index (κ2) is 6.10. The molecule has 106 valence electrons. The van der Waals surface area contributed by atoms with Crippen LogP contribution in [-0.2, 0) is 6.54 Å². The minimum absolute atomic E-state index is 0.172. The summed E-state index contributed by atoms with van der Waals surface area (Å²) in [4.78, 5) is 19.8. The van der Waals surface area contributed by atoms with Gasteiger partial charge in [0.25, 0.3) is 5.56 Å².